The Bertz CT molecular complexity index is 275. The van der Waals surface area contributed by atoms with E-state index < -0.39 is 0 Å². The molecule has 3 aliphatic carbocycles. The molecule has 0 spiro atoms. The summed E-state index contributed by atoms with van der Waals surface area (Å²) in [6, 6.07) is 0.869. The zero-order valence-electron chi connectivity index (χ0n) is 11.9. The minimum atomic E-state index is 0.240. The van der Waals surface area contributed by atoms with Crippen LogP contribution in [0.1, 0.15) is 58.3 Å². The number of rotatable bonds is 6. The van der Waals surface area contributed by atoms with Crippen LogP contribution in [0.5, 0.6) is 0 Å². The van der Waals surface area contributed by atoms with Gasteiger partial charge in [0, 0.05) is 31.2 Å². The smallest absolute Gasteiger partial charge is 0.0499 e. The van der Waals surface area contributed by atoms with Crippen LogP contribution in [0.3, 0.4) is 0 Å². The number of hydrogen-bond acceptors (Lipinski definition) is 2. The molecule has 18 heavy (non-hydrogen) atoms. The first-order chi connectivity index (χ1) is 8.71. The molecule has 2 heteroatoms. The first-order valence-electron chi connectivity index (χ1n) is 8.06. The average Bonchev–Trinajstić information content (AvgIpc) is 3.25. The molecule has 0 bridgehead atoms. The highest BCUT2D eigenvalue weighted by Crippen LogP contribution is 2.42. The molecular weight excluding hydrogens is 222 g/mol. The fourth-order valence-corrected chi connectivity index (χ4v) is 3.59. The third-order valence-corrected chi connectivity index (χ3v) is 5.46. The summed E-state index contributed by atoms with van der Waals surface area (Å²) in [5.74, 6) is 1.87. The standard InChI is InChI=1S/C16H29NO/c1-13-6-8-16(12-18,9-7-13)11-17(15-4-5-15)10-14-2-3-14/h13-15,18H,2-12H2,1H3. The lowest BCUT2D eigenvalue weighted by atomic mass is 9.71. The predicted molar refractivity (Wildman–Crippen MR) is 74.5 cm³/mol. The van der Waals surface area contributed by atoms with E-state index in [1.165, 1.54) is 64.5 Å². The Morgan fingerprint density at radius 1 is 1.06 bits per heavy atom. The van der Waals surface area contributed by atoms with E-state index in [0.29, 0.717) is 6.61 Å². The molecule has 0 heterocycles. The van der Waals surface area contributed by atoms with Gasteiger partial charge >= 0.3 is 0 Å². The summed E-state index contributed by atoms with van der Waals surface area (Å²) in [6.07, 6.45) is 10.9. The Morgan fingerprint density at radius 3 is 2.22 bits per heavy atom. The van der Waals surface area contributed by atoms with Crippen molar-refractivity contribution in [3.63, 3.8) is 0 Å². The van der Waals surface area contributed by atoms with Gasteiger partial charge < -0.3 is 5.11 Å². The van der Waals surface area contributed by atoms with Crippen molar-refractivity contribution in [2.45, 2.75) is 64.3 Å². The molecule has 0 saturated heterocycles. The number of nitrogens with zero attached hydrogens (tertiary/aromatic N) is 1. The van der Waals surface area contributed by atoms with Crippen molar-refractivity contribution < 1.29 is 5.11 Å². The van der Waals surface area contributed by atoms with Crippen LogP contribution >= 0.6 is 0 Å². The highest BCUT2D eigenvalue weighted by Gasteiger charge is 2.40. The van der Waals surface area contributed by atoms with Crippen molar-refractivity contribution >= 4 is 0 Å². The van der Waals surface area contributed by atoms with E-state index in [2.05, 4.69) is 11.8 Å². The fraction of sp³-hybridized carbons (Fsp3) is 1.00. The molecule has 0 atom stereocenters. The molecule has 3 saturated carbocycles. The normalized spacial score (nSPS) is 37.2. The van der Waals surface area contributed by atoms with E-state index in [1.54, 1.807) is 0 Å². The fourth-order valence-electron chi connectivity index (χ4n) is 3.59. The van der Waals surface area contributed by atoms with E-state index in [4.69, 9.17) is 0 Å². The average molecular weight is 251 g/mol. The van der Waals surface area contributed by atoms with Gasteiger partial charge in [-0.15, -0.1) is 0 Å². The Labute approximate surface area is 112 Å². The zero-order valence-corrected chi connectivity index (χ0v) is 11.9. The van der Waals surface area contributed by atoms with Crippen LogP contribution in [0.15, 0.2) is 0 Å². The van der Waals surface area contributed by atoms with Gasteiger partial charge in [0.2, 0.25) is 0 Å². The van der Waals surface area contributed by atoms with Crippen molar-refractivity contribution in [3.8, 4) is 0 Å². The van der Waals surface area contributed by atoms with E-state index in [0.717, 1.165) is 17.9 Å². The minimum Gasteiger partial charge on any atom is -0.396 e. The number of aliphatic hydroxyl groups excluding tert-OH is 1. The lowest BCUT2D eigenvalue weighted by molar-refractivity contribution is 0.0253. The van der Waals surface area contributed by atoms with Crippen LogP contribution < -0.4 is 0 Å². The quantitative estimate of drug-likeness (QED) is 0.784. The lowest BCUT2D eigenvalue weighted by Crippen LogP contribution is -2.44. The lowest BCUT2D eigenvalue weighted by Gasteiger charge is -2.42. The monoisotopic (exact) mass is 251 g/mol. The van der Waals surface area contributed by atoms with Crippen molar-refractivity contribution in [2.75, 3.05) is 19.7 Å². The van der Waals surface area contributed by atoms with Gasteiger partial charge in [-0.05, 0) is 50.4 Å². The third-order valence-electron chi connectivity index (χ3n) is 5.46. The van der Waals surface area contributed by atoms with E-state index >= 15 is 0 Å². The molecule has 3 rings (SSSR count). The molecule has 3 aliphatic rings. The Morgan fingerprint density at radius 2 is 1.72 bits per heavy atom. The Kier molecular flexibility index (Phi) is 3.68. The molecule has 0 aromatic heterocycles. The van der Waals surface area contributed by atoms with Crippen LogP contribution in [0.4, 0.5) is 0 Å². The van der Waals surface area contributed by atoms with Gasteiger partial charge in [0.25, 0.3) is 0 Å². The molecule has 0 amide bonds. The van der Waals surface area contributed by atoms with Gasteiger partial charge in [-0.1, -0.05) is 19.8 Å². The molecule has 104 valence electrons. The van der Waals surface area contributed by atoms with Gasteiger partial charge in [-0.3, -0.25) is 4.90 Å². The van der Waals surface area contributed by atoms with Gasteiger partial charge in [-0.25, -0.2) is 0 Å². The van der Waals surface area contributed by atoms with Crippen molar-refractivity contribution in [2.24, 2.45) is 17.3 Å². The van der Waals surface area contributed by atoms with Crippen LogP contribution in [-0.4, -0.2) is 35.7 Å². The van der Waals surface area contributed by atoms with Gasteiger partial charge in [0.1, 0.15) is 0 Å². The summed E-state index contributed by atoms with van der Waals surface area (Å²) in [4.78, 5) is 2.74. The second-order valence-electron chi connectivity index (χ2n) is 7.44. The highest BCUT2D eigenvalue weighted by atomic mass is 16.3. The summed E-state index contributed by atoms with van der Waals surface area (Å²) in [7, 11) is 0. The summed E-state index contributed by atoms with van der Waals surface area (Å²) >= 11 is 0. The van der Waals surface area contributed by atoms with Crippen molar-refractivity contribution in [3.05, 3.63) is 0 Å². The molecule has 0 aliphatic heterocycles. The van der Waals surface area contributed by atoms with Crippen LogP contribution in [0, 0.1) is 17.3 Å². The maximum atomic E-state index is 9.90. The van der Waals surface area contributed by atoms with Crippen LogP contribution in [0.2, 0.25) is 0 Å². The highest BCUT2D eigenvalue weighted by molar-refractivity contribution is 4.94. The van der Waals surface area contributed by atoms with E-state index in [9.17, 15) is 5.11 Å². The van der Waals surface area contributed by atoms with Crippen LogP contribution in [0.25, 0.3) is 0 Å². The Balaban J connectivity index is 1.59. The SMILES string of the molecule is CC1CCC(CO)(CN(CC2CC2)C2CC2)CC1. The molecule has 2 nitrogen and oxygen atoms in total. The molecule has 1 N–H and O–H groups in total. The number of aliphatic hydroxyl groups is 1. The minimum absolute atomic E-state index is 0.240. The first-order valence-corrected chi connectivity index (χ1v) is 8.06. The molecule has 3 fully saturated rings. The summed E-state index contributed by atoms with van der Waals surface area (Å²) in [5, 5.41) is 9.90. The summed E-state index contributed by atoms with van der Waals surface area (Å²) in [5.41, 5.74) is 0.240. The molecule has 0 radical (unpaired) electrons. The van der Waals surface area contributed by atoms with E-state index in [-0.39, 0.29) is 5.41 Å². The summed E-state index contributed by atoms with van der Waals surface area (Å²) in [6.45, 7) is 5.27. The maximum absolute atomic E-state index is 9.90. The second-order valence-corrected chi connectivity index (χ2v) is 7.44. The molecule has 0 unspecified atom stereocenters. The van der Waals surface area contributed by atoms with Gasteiger partial charge in [0.15, 0.2) is 0 Å². The molecular formula is C16H29NO. The first kappa shape index (κ1) is 12.9. The second kappa shape index (κ2) is 5.13. The van der Waals surface area contributed by atoms with Crippen LogP contribution in [-0.2, 0) is 0 Å². The number of hydrogen-bond donors (Lipinski definition) is 1. The van der Waals surface area contributed by atoms with Gasteiger partial charge in [-0.2, -0.15) is 0 Å². The predicted octanol–water partition coefficient (Wildman–Crippen LogP) is 3.05. The van der Waals surface area contributed by atoms with Gasteiger partial charge in [0.05, 0.1) is 0 Å². The molecule has 0 aromatic rings. The Hall–Kier alpha value is -0.0800. The molecule has 0 aromatic carbocycles. The summed E-state index contributed by atoms with van der Waals surface area (Å²) < 4.78 is 0. The van der Waals surface area contributed by atoms with Crippen molar-refractivity contribution in [1.29, 1.82) is 0 Å². The topological polar surface area (TPSA) is 23.5 Å². The van der Waals surface area contributed by atoms with E-state index in [1.807, 2.05) is 0 Å². The zero-order chi connectivity index (χ0) is 12.6. The maximum Gasteiger partial charge on any atom is 0.0499 e. The third kappa shape index (κ3) is 3.08. The van der Waals surface area contributed by atoms with Crippen molar-refractivity contribution in [1.82, 2.24) is 4.90 Å². The largest absolute Gasteiger partial charge is 0.396 e.